The minimum absolute atomic E-state index is 0.0253. The number of aliphatic carboxylic acids is 1. The number of nitrogens with one attached hydrogen (secondary N) is 1. The van der Waals surface area contributed by atoms with Crippen molar-refractivity contribution in [3.05, 3.63) is 40.4 Å². The van der Waals surface area contributed by atoms with E-state index in [0.717, 1.165) is 21.4 Å². The topological polar surface area (TPSA) is 62.2 Å². The van der Waals surface area contributed by atoms with E-state index in [1.54, 1.807) is 0 Å². The molecule has 5 heteroatoms. The van der Waals surface area contributed by atoms with Gasteiger partial charge in [-0.3, -0.25) is 4.79 Å². The molecule has 0 amide bonds. The maximum absolute atomic E-state index is 10.7. The molecule has 1 aromatic heterocycles. The standard InChI is InChI=1S/C15H18N2O2S/c1-9(2)11-4-6-12(7-5-11)17-15-16-10(3)13(20-15)8-14(18)19/h4-7,9H,8H2,1-3H3,(H,16,17)(H,18,19). The fourth-order valence-electron chi connectivity index (χ4n) is 1.86. The Hall–Kier alpha value is -1.88. The van der Waals surface area contributed by atoms with Crippen LogP contribution in [-0.4, -0.2) is 16.1 Å². The van der Waals surface area contributed by atoms with Gasteiger partial charge in [-0.25, -0.2) is 4.98 Å². The van der Waals surface area contributed by atoms with Crippen LogP contribution in [0.4, 0.5) is 10.8 Å². The number of hydrogen-bond donors (Lipinski definition) is 2. The molecule has 2 N–H and O–H groups in total. The summed E-state index contributed by atoms with van der Waals surface area (Å²) in [6.07, 6.45) is 0.0253. The molecule has 0 aliphatic rings. The largest absolute Gasteiger partial charge is 0.481 e. The van der Waals surface area contributed by atoms with Crippen LogP contribution in [0.3, 0.4) is 0 Å². The first-order chi connectivity index (χ1) is 9.45. The zero-order valence-corrected chi connectivity index (χ0v) is 12.6. The number of anilines is 2. The molecule has 0 radical (unpaired) electrons. The van der Waals surface area contributed by atoms with Crippen LogP contribution in [0.2, 0.25) is 0 Å². The second-order valence-electron chi connectivity index (χ2n) is 5.00. The van der Waals surface area contributed by atoms with Crippen LogP contribution in [0.1, 0.15) is 35.9 Å². The van der Waals surface area contributed by atoms with Crippen LogP contribution in [-0.2, 0) is 11.2 Å². The van der Waals surface area contributed by atoms with Gasteiger partial charge in [-0.05, 0) is 30.5 Å². The second-order valence-corrected chi connectivity index (χ2v) is 6.08. The second kappa shape index (κ2) is 6.05. The van der Waals surface area contributed by atoms with Crippen molar-refractivity contribution < 1.29 is 9.90 Å². The van der Waals surface area contributed by atoms with Gasteiger partial charge >= 0.3 is 5.97 Å². The number of thiazole rings is 1. The average molecular weight is 290 g/mol. The number of aryl methyl sites for hydroxylation is 1. The van der Waals surface area contributed by atoms with Gasteiger partial charge in [0.15, 0.2) is 5.13 Å². The van der Waals surface area contributed by atoms with Gasteiger partial charge in [-0.1, -0.05) is 26.0 Å². The first-order valence-electron chi connectivity index (χ1n) is 6.51. The molecule has 0 saturated carbocycles. The van der Waals surface area contributed by atoms with Gasteiger partial charge in [-0.15, -0.1) is 11.3 Å². The summed E-state index contributed by atoms with van der Waals surface area (Å²) in [4.78, 5) is 15.9. The number of aromatic nitrogens is 1. The monoisotopic (exact) mass is 290 g/mol. The van der Waals surface area contributed by atoms with E-state index in [0.29, 0.717) is 5.92 Å². The Kier molecular flexibility index (Phi) is 4.39. The molecule has 0 unspecified atom stereocenters. The maximum Gasteiger partial charge on any atom is 0.308 e. The Balaban J connectivity index is 2.11. The van der Waals surface area contributed by atoms with Crippen LogP contribution in [0.25, 0.3) is 0 Å². The Morgan fingerprint density at radius 3 is 2.55 bits per heavy atom. The zero-order chi connectivity index (χ0) is 14.7. The number of carboxylic acids is 1. The highest BCUT2D eigenvalue weighted by Gasteiger charge is 2.11. The van der Waals surface area contributed by atoms with Crippen LogP contribution < -0.4 is 5.32 Å². The molecule has 0 bridgehead atoms. The maximum atomic E-state index is 10.7. The summed E-state index contributed by atoms with van der Waals surface area (Å²) in [5.74, 6) is -0.321. The molecule has 0 saturated heterocycles. The van der Waals surface area contributed by atoms with Gasteiger partial charge in [0, 0.05) is 10.6 Å². The molecule has 0 aliphatic heterocycles. The molecule has 1 heterocycles. The van der Waals surface area contributed by atoms with Crippen molar-refractivity contribution in [1.82, 2.24) is 4.98 Å². The lowest BCUT2D eigenvalue weighted by molar-refractivity contribution is -0.136. The van der Waals surface area contributed by atoms with Crippen molar-refractivity contribution >= 4 is 28.1 Å². The third-order valence-corrected chi connectivity index (χ3v) is 4.11. The highest BCUT2D eigenvalue weighted by molar-refractivity contribution is 7.15. The number of nitrogens with zero attached hydrogens (tertiary/aromatic N) is 1. The fraction of sp³-hybridized carbons (Fsp3) is 0.333. The summed E-state index contributed by atoms with van der Waals surface area (Å²) in [5.41, 5.74) is 3.03. The Labute approximate surface area is 122 Å². The first-order valence-corrected chi connectivity index (χ1v) is 7.32. The summed E-state index contributed by atoms with van der Waals surface area (Å²) in [6, 6.07) is 8.21. The van der Waals surface area contributed by atoms with Crippen molar-refractivity contribution in [1.29, 1.82) is 0 Å². The van der Waals surface area contributed by atoms with Gasteiger partial charge in [-0.2, -0.15) is 0 Å². The lowest BCUT2D eigenvalue weighted by Gasteiger charge is -2.07. The fourth-order valence-corrected chi connectivity index (χ4v) is 2.83. The van der Waals surface area contributed by atoms with E-state index in [1.165, 1.54) is 16.9 Å². The van der Waals surface area contributed by atoms with E-state index in [9.17, 15) is 4.79 Å². The lowest BCUT2D eigenvalue weighted by Crippen LogP contribution is -1.99. The third-order valence-electron chi connectivity index (χ3n) is 3.03. The molecule has 0 aliphatic carbocycles. The number of benzene rings is 1. The Morgan fingerprint density at radius 2 is 2.00 bits per heavy atom. The molecule has 4 nitrogen and oxygen atoms in total. The quantitative estimate of drug-likeness (QED) is 0.875. The highest BCUT2D eigenvalue weighted by atomic mass is 32.1. The van der Waals surface area contributed by atoms with E-state index in [4.69, 9.17) is 5.11 Å². The minimum atomic E-state index is -0.829. The number of rotatable bonds is 5. The molecule has 0 fully saturated rings. The van der Waals surface area contributed by atoms with Gasteiger partial charge in [0.2, 0.25) is 0 Å². The molecule has 0 spiro atoms. The lowest BCUT2D eigenvalue weighted by atomic mass is 10.0. The molecule has 2 rings (SSSR count). The van der Waals surface area contributed by atoms with E-state index >= 15 is 0 Å². The van der Waals surface area contributed by atoms with Crippen LogP contribution in [0, 0.1) is 6.92 Å². The molecule has 20 heavy (non-hydrogen) atoms. The SMILES string of the molecule is Cc1nc(Nc2ccc(C(C)C)cc2)sc1CC(=O)O. The van der Waals surface area contributed by atoms with Gasteiger partial charge in [0.05, 0.1) is 12.1 Å². The number of hydrogen-bond acceptors (Lipinski definition) is 4. The normalized spacial score (nSPS) is 10.8. The minimum Gasteiger partial charge on any atom is -0.481 e. The van der Waals surface area contributed by atoms with Crippen LogP contribution >= 0.6 is 11.3 Å². The predicted octanol–water partition coefficient (Wildman–Crippen LogP) is 3.95. The van der Waals surface area contributed by atoms with Crippen molar-refractivity contribution in [2.45, 2.75) is 33.1 Å². The molecule has 1 aromatic carbocycles. The first kappa shape index (κ1) is 14.5. The molecule has 2 aromatic rings. The molecular weight excluding hydrogens is 272 g/mol. The van der Waals surface area contributed by atoms with Crippen molar-refractivity contribution in [3.63, 3.8) is 0 Å². The van der Waals surface area contributed by atoms with Crippen LogP contribution in [0.15, 0.2) is 24.3 Å². The Bertz CT molecular complexity index is 603. The summed E-state index contributed by atoms with van der Waals surface area (Å²) < 4.78 is 0. The van der Waals surface area contributed by atoms with Gasteiger partial charge in [0.1, 0.15) is 0 Å². The summed E-state index contributed by atoms with van der Waals surface area (Å²) in [5, 5.41) is 12.8. The van der Waals surface area contributed by atoms with E-state index in [2.05, 4.69) is 36.3 Å². The molecule has 106 valence electrons. The highest BCUT2D eigenvalue weighted by Crippen LogP contribution is 2.27. The Morgan fingerprint density at radius 1 is 1.35 bits per heavy atom. The average Bonchev–Trinajstić information content (AvgIpc) is 2.69. The van der Waals surface area contributed by atoms with Crippen molar-refractivity contribution in [3.8, 4) is 0 Å². The van der Waals surface area contributed by atoms with Crippen molar-refractivity contribution in [2.24, 2.45) is 0 Å². The third kappa shape index (κ3) is 3.57. The van der Waals surface area contributed by atoms with Gasteiger partial charge < -0.3 is 10.4 Å². The van der Waals surface area contributed by atoms with Crippen LogP contribution in [0.5, 0.6) is 0 Å². The zero-order valence-electron chi connectivity index (χ0n) is 11.8. The van der Waals surface area contributed by atoms with E-state index < -0.39 is 5.97 Å². The summed E-state index contributed by atoms with van der Waals surface area (Å²) >= 11 is 1.39. The molecular formula is C15H18N2O2S. The molecule has 0 atom stereocenters. The predicted molar refractivity (Wildman–Crippen MR) is 82.0 cm³/mol. The number of carboxylic acid groups (broad SMARTS) is 1. The summed E-state index contributed by atoms with van der Waals surface area (Å²) in [7, 11) is 0. The van der Waals surface area contributed by atoms with Crippen molar-refractivity contribution in [2.75, 3.05) is 5.32 Å². The smallest absolute Gasteiger partial charge is 0.308 e. The van der Waals surface area contributed by atoms with Gasteiger partial charge in [0.25, 0.3) is 0 Å². The summed E-state index contributed by atoms with van der Waals surface area (Å²) in [6.45, 7) is 6.15. The van der Waals surface area contributed by atoms with E-state index in [-0.39, 0.29) is 6.42 Å². The number of carbonyl (C=O) groups is 1. The van der Waals surface area contributed by atoms with E-state index in [1.807, 2.05) is 19.1 Å².